The normalized spacial score (nSPS) is 11.2. The Bertz CT molecular complexity index is 438. The molecule has 1 rings (SSSR count). The van der Waals surface area contributed by atoms with Crippen molar-refractivity contribution < 1.29 is 4.74 Å². The fourth-order valence-corrected chi connectivity index (χ4v) is 1.87. The van der Waals surface area contributed by atoms with Crippen molar-refractivity contribution in [2.45, 2.75) is 33.2 Å². The summed E-state index contributed by atoms with van der Waals surface area (Å²) in [5, 5.41) is 3.75. The minimum Gasteiger partial charge on any atom is -0.494 e. The summed E-state index contributed by atoms with van der Waals surface area (Å²) in [5.74, 6) is 1.33. The highest BCUT2D eigenvalue weighted by Crippen LogP contribution is 2.23. The van der Waals surface area contributed by atoms with Crippen LogP contribution >= 0.6 is 35.6 Å². The molecule has 0 aliphatic heterocycles. The van der Waals surface area contributed by atoms with Gasteiger partial charge in [-0.2, -0.15) is 0 Å². The van der Waals surface area contributed by atoms with Crippen LogP contribution in [-0.2, 0) is 6.42 Å². The zero-order valence-electron chi connectivity index (χ0n) is 12.1. The molecule has 0 heterocycles. The average Bonchev–Trinajstić information content (AvgIpc) is 2.31. The first-order valence-electron chi connectivity index (χ1n) is 6.50. The summed E-state index contributed by atoms with van der Waals surface area (Å²) < 4.78 is 5.56. The van der Waals surface area contributed by atoms with Gasteiger partial charge >= 0.3 is 0 Å². The van der Waals surface area contributed by atoms with Crippen molar-refractivity contribution in [3.8, 4) is 5.75 Å². The molecule has 6 heteroatoms. The van der Waals surface area contributed by atoms with E-state index in [-0.39, 0.29) is 30.0 Å². The van der Waals surface area contributed by atoms with Crippen LogP contribution < -0.4 is 15.8 Å². The van der Waals surface area contributed by atoms with Crippen molar-refractivity contribution >= 4 is 41.5 Å². The second-order valence-corrected chi connectivity index (χ2v) is 4.94. The van der Waals surface area contributed by atoms with Crippen molar-refractivity contribution in [3.63, 3.8) is 0 Å². The minimum atomic E-state index is 0. The van der Waals surface area contributed by atoms with Crippen LogP contribution in [0.4, 0.5) is 0 Å². The van der Waals surface area contributed by atoms with E-state index in [0.717, 1.165) is 17.7 Å². The molecule has 0 saturated carbocycles. The highest BCUT2D eigenvalue weighted by molar-refractivity contribution is 14.0. The maximum absolute atomic E-state index is 6.00. The van der Waals surface area contributed by atoms with Crippen molar-refractivity contribution in [3.05, 3.63) is 28.8 Å². The van der Waals surface area contributed by atoms with Gasteiger partial charge in [-0.05, 0) is 51.0 Å². The number of hydrogen-bond donors (Lipinski definition) is 2. The largest absolute Gasteiger partial charge is 0.494 e. The van der Waals surface area contributed by atoms with E-state index < -0.39 is 0 Å². The van der Waals surface area contributed by atoms with E-state index in [2.05, 4.69) is 10.3 Å². The molecular weight excluding hydrogens is 389 g/mol. The highest BCUT2D eigenvalue weighted by atomic mass is 127. The van der Waals surface area contributed by atoms with E-state index in [1.807, 2.05) is 39.0 Å². The third-order valence-electron chi connectivity index (χ3n) is 2.42. The number of nitrogens with one attached hydrogen (secondary N) is 1. The molecule has 0 bridgehead atoms. The van der Waals surface area contributed by atoms with Gasteiger partial charge in [0, 0.05) is 17.6 Å². The first-order valence-corrected chi connectivity index (χ1v) is 6.88. The molecule has 0 aromatic heterocycles. The molecule has 114 valence electrons. The molecule has 0 spiro atoms. The van der Waals surface area contributed by atoms with E-state index in [1.165, 1.54) is 0 Å². The van der Waals surface area contributed by atoms with Crippen molar-refractivity contribution in [2.24, 2.45) is 10.7 Å². The third kappa shape index (κ3) is 7.19. The van der Waals surface area contributed by atoms with Crippen LogP contribution in [0.3, 0.4) is 0 Å². The quantitative estimate of drug-likeness (QED) is 0.429. The molecule has 1 aromatic carbocycles. The maximum Gasteiger partial charge on any atom is 0.188 e. The van der Waals surface area contributed by atoms with Crippen molar-refractivity contribution in [1.82, 2.24) is 5.32 Å². The molecule has 0 amide bonds. The second-order valence-electron chi connectivity index (χ2n) is 4.50. The Hall–Kier alpha value is -0.690. The fourth-order valence-electron chi connectivity index (χ4n) is 1.68. The van der Waals surface area contributed by atoms with Gasteiger partial charge in [-0.3, -0.25) is 4.99 Å². The Morgan fingerprint density at radius 3 is 2.75 bits per heavy atom. The number of nitrogens with two attached hydrogens (primary N) is 1. The number of nitrogens with zero attached hydrogens (tertiary/aromatic N) is 1. The molecule has 20 heavy (non-hydrogen) atoms. The lowest BCUT2D eigenvalue weighted by Gasteiger charge is -2.11. The van der Waals surface area contributed by atoms with Crippen molar-refractivity contribution in [1.29, 1.82) is 0 Å². The molecule has 0 saturated heterocycles. The van der Waals surface area contributed by atoms with E-state index in [1.54, 1.807) is 0 Å². The summed E-state index contributed by atoms with van der Waals surface area (Å²) >= 11 is 6.00. The minimum absolute atomic E-state index is 0. The Balaban J connectivity index is 0.00000361. The average molecular weight is 412 g/mol. The lowest BCUT2D eigenvalue weighted by atomic mass is 10.1. The zero-order chi connectivity index (χ0) is 14.3. The first kappa shape index (κ1) is 19.3. The summed E-state index contributed by atoms with van der Waals surface area (Å²) in [6.07, 6.45) is 0.746. The van der Waals surface area contributed by atoms with E-state index in [4.69, 9.17) is 22.1 Å². The molecule has 0 unspecified atom stereocenters. The molecular formula is C14H23ClIN3O. The van der Waals surface area contributed by atoms with Crippen molar-refractivity contribution in [2.75, 3.05) is 13.2 Å². The van der Waals surface area contributed by atoms with Gasteiger partial charge in [0.15, 0.2) is 5.96 Å². The summed E-state index contributed by atoms with van der Waals surface area (Å²) in [7, 11) is 0. The van der Waals surface area contributed by atoms with Gasteiger partial charge in [-0.15, -0.1) is 24.0 Å². The Labute approximate surface area is 143 Å². The Kier molecular flexibility index (Phi) is 9.75. The molecule has 0 aliphatic rings. The van der Waals surface area contributed by atoms with E-state index in [0.29, 0.717) is 24.1 Å². The maximum atomic E-state index is 6.00. The highest BCUT2D eigenvalue weighted by Gasteiger charge is 2.04. The number of benzene rings is 1. The number of ether oxygens (including phenoxy) is 1. The lowest BCUT2D eigenvalue weighted by molar-refractivity contribution is 0.336. The smallest absolute Gasteiger partial charge is 0.188 e. The molecule has 3 N–H and O–H groups in total. The fraction of sp³-hybridized carbons (Fsp3) is 0.500. The van der Waals surface area contributed by atoms with Crippen LogP contribution in [0, 0.1) is 0 Å². The van der Waals surface area contributed by atoms with E-state index in [9.17, 15) is 0 Å². The second kappa shape index (κ2) is 10.1. The zero-order valence-corrected chi connectivity index (χ0v) is 15.2. The number of rotatable bonds is 6. The molecule has 0 fully saturated rings. The predicted molar refractivity (Wildman–Crippen MR) is 96.5 cm³/mol. The Morgan fingerprint density at radius 2 is 2.15 bits per heavy atom. The van der Waals surface area contributed by atoms with Gasteiger partial charge in [-0.25, -0.2) is 0 Å². The van der Waals surface area contributed by atoms with Crippen LogP contribution in [0.15, 0.2) is 23.2 Å². The monoisotopic (exact) mass is 411 g/mol. The van der Waals surface area contributed by atoms with Crippen LogP contribution in [0.5, 0.6) is 5.75 Å². The first-order chi connectivity index (χ1) is 9.02. The number of guanidine groups is 1. The van der Waals surface area contributed by atoms with Gasteiger partial charge in [0.25, 0.3) is 0 Å². The number of halogens is 2. The number of hydrogen-bond acceptors (Lipinski definition) is 2. The van der Waals surface area contributed by atoms with Gasteiger partial charge in [0.05, 0.1) is 6.61 Å². The third-order valence-corrected chi connectivity index (χ3v) is 2.66. The van der Waals surface area contributed by atoms with Crippen LogP contribution in [0.1, 0.15) is 26.3 Å². The molecule has 0 aliphatic carbocycles. The van der Waals surface area contributed by atoms with Crippen LogP contribution in [0.2, 0.25) is 5.02 Å². The van der Waals surface area contributed by atoms with Crippen LogP contribution in [0.25, 0.3) is 0 Å². The lowest BCUT2D eigenvalue weighted by Crippen LogP contribution is -2.36. The summed E-state index contributed by atoms with van der Waals surface area (Å²) in [6.45, 7) is 7.24. The Morgan fingerprint density at radius 1 is 1.45 bits per heavy atom. The van der Waals surface area contributed by atoms with Gasteiger partial charge in [0.2, 0.25) is 0 Å². The standard InChI is InChI=1S/C14H22ClN3O.HI/c1-4-19-13-6-5-12(15)9-11(13)7-8-17-14(16)18-10(2)3;/h5-6,9-10H,4,7-8H2,1-3H3,(H3,16,17,18);1H. The predicted octanol–water partition coefficient (Wildman–Crippen LogP) is 3.21. The van der Waals surface area contributed by atoms with Gasteiger partial charge in [-0.1, -0.05) is 11.6 Å². The van der Waals surface area contributed by atoms with E-state index >= 15 is 0 Å². The SMILES string of the molecule is CCOc1ccc(Cl)cc1CCN=C(N)NC(C)C.I. The molecule has 0 atom stereocenters. The number of aliphatic imine (C=N–C) groups is 1. The molecule has 1 aromatic rings. The topological polar surface area (TPSA) is 59.6 Å². The molecule has 4 nitrogen and oxygen atoms in total. The summed E-state index contributed by atoms with van der Waals surface area (Å²) in [6, 6.07) is 5.91. The molecule has 0 radical (unpaired) electrons. The van der Waals surface area contributed by atoms with Gasteiger partial charge in [0.1, 0.15) is 5.75 Å². The van der Waals surface area contributed by atoms with Gasteiger partial charge < -0.3 is 15.8 Å². The summed E-state index contributed by atoms with van der Waals surface area (Å²) in [4.78, 5) is 4.28. The van der Waals surface area contributed by atoms with Crippen LogP contribution in [-0.4, -0.2) is 25.2 Å². The summed E-state index contributed by atoms with van der Waals surface area (Å²) in [5.41, 5.74) is 6.80.